The van der Waals surface area contributed by atoms with Gasteiger partial charge in [0.2, 0.25) is 5.60 Å². The second-order valence-electron chi connectivity index (χ2n) is 5.35. The molecule has 0 spiro atoms. The maximum atomic E-state index is 13.3. The molecule has 0 aliphatic rings. The topological polar surface area (TPSA) is 68.8 Å². The summed E-state index contributed by atoms with van der Waals surface area (Å²) in [5.41, 5.74) is -2.97. The van der Waals surface area contributed by atoms with Crippen LogP contribution in [-0.4, -0.2) is 43.2 Å². The molecule has 1 rings (SSSR count). The molecule has 0 bridgehead atoms. The molecule has 132 valence electrons. The Balaban J connectivity index is 3.48. The van der Waals surface area contributed by atoms with Gasteiger partial charge in [0.25, 0.3) is 0 Å². The summed E-state index contributed by atoms with van der Waals surface area (Å²) < 4.78 is 45.0. The van der Waals surface area contributed by atoms with E-state index in [1.807, 2.05) is 6.92 Å². The molecule has 1 N–H and O–H groups in total. The Bertz CT molecular complexity index is 653. The zero-order chi connectivity index (χ0) is 18.5. The van der Waals surface area contributed by atoms with E-state index in [1.165, 1.54) is 19.2 Å². The summed E-state index contributed by atoms with van der Waals surface area (Å²) in [6.45, 7) is 4.21. The van der Waals surface area contributed by atoms with E-state index >= 15 is 0 Å². The van der Waals surface area contributed by atoms with Crippen molar-refractivity contribution in [2.24, 2.45) is 4.99 Å². The SMILES string of the molecule is CCN(C)/C=N\c1cc(OC)c(C(O)(CC#N)C(F)(F)F)cc1C. The number of aliphatic imine (C=N–C) groups is 1. The van der Waals surface area contributed by atoms with Crippen LogP contribution in [0.2, 0.25) is 0 Å². The van der Waals surface area contributed by atoms with Gasteiger partial charge in [0.05, 0.1) is 31.6 Å². The summed E-state index contributed by atoms with van der Waals surface area (Å²) in [4.78, 5) is 6.00. The van der Waals surface area contributed by atoms with E-state index in [4.69, 9.17) is 10.00 Å². The molecule has 0 aromatic heterocycles. The van der Waals surface area contributed by atoms with Crippen molar-refractivity contribution in [1.29, 1.82) is 5.26 Å². The number of hydrogen-bond acceptors (Lipinski definition) is 4. The highest BCUT2D eigenvalue weighted by Crippen LogP contribution is 2.46. The number of methoxy groups -OCH3 is 1. The van der Waals surface area contributed by atoms with Crippen molar-refractivity contribution in [2.45, 2.75) is 32.0 Å². The Morgan fingerprint density at radius 1 is 1.42 bits per heavy atom. The Morgan fingerprint density at radius 2 is 2.04 bits per heavy atom. The van der Waals surface area contributed by atoms with E-state index in [1.54, 1.807) is 25.2 Å². The number of halogens is 3. The predicted molar refractivity (Wildman–Crippen MR) is 84.4 cm³/mol. The normalized spacial score (nSPS) is 14.3. The molecule has 0 saturated carbocycles. The zero-order valence-electron chi connectivity index (χ0n) is 14.0. The molecule has 24 heavy (non-hydrogen) atoms. The van der Waals surface area contributed by atoms with Crippen LogP contribution >= 0.6 is 0 Å². The minimum Gasteiger partial charge on any atom is -0.496 e. The Hall–Kier alpha value is -2.27. The smallest absolute Gasteiger partial charge is 0.422 e. The van der Waals surface area contributed by atoms with Crippen molar-refractivity contribution < 1.29 is 23.0 Å². The molecule has 8 heteroatoms. The van der Waals surface area contributed by atoms with Crippen molar-refractivity contribution in [3.05, 3.63) is 23.3 Å². The lowest BCUT2D eigenvalue weighted by atomic mass is 9.88. The fraction of sp³-hybridized carbons (Fsp3) is 0.500. The summed E-state index contributed by atoms with van der Waals surface area (Å²) in [7, 11) is 3.00. The molecular formula is C16H20F3N3O2. The molecule has 1 atom stereocenters. The van der Waals surface area contributed by atoms with E-state index in [9.17, 15) is 18.3 Å². The van der Waals surface area contributed by atoms with Gasteiger partial charge in [-0.3, -0.25) is 0 Å². The van der Waals surface area contributed by atoms with E-state index in [2.05, 4.69) is 4.99 Å². The van der Waals surface area contributed by atoms with Crippen molar-refractivity contribution in [3.8, 4) is 11.8 Å². The summed E-state index contributed by atoms with van der Waals surface area (Å²) in [5.74, 6) is -0.179. The fourth-order valence-corrected chi connectivity index (χ4v) is 2.01. The van der Waals surface area contributed by atoms with Crippen LogP contribution in [0.15, 0.2) is 17.1 Å². The minimum absolute atomic E-state index is 0.179. The average Bonchev–Trinajstić information content (AvgIpc) is 2.52. The molecule has 1 aromatic carbocycles. The number of alkyl halides is 3. The van der Waals surface area contributed by atoms with Gasteiger partial charge in [0.1, 0.15) is 5.75 Å². The molecular weight excluding hydrogens is 323 g/mol. The van der Waals surface area contributed by atoms with Gasteiger partial charge in [0, 0.05) is 25.2 Å². The van der Waals surface area contributed by atoms with E-state index < -0.39 is 23.8 Å². The van der Waals surface area contributed by atoms with Gasteiger partial charge in [-0.1, -0.05) is 0 Å². The number of nitrogens with zero attached hydrogens (tertiary/aromatic N) is 3. The highest BCUT2D eigenvalue weighted by Gasteiger charge is 2.56. The summed E-state index contributed by atoms with van der Waals surface area (Å²) in [5, 5.41) is 18.8. The van der Waals surface area contributed by atoms with E-state index in [0.29, 0.717) is 17.8 Å². The van der Waals surface area contributed by atoms with Crippen LogP contribution in [0.4, 0.5) is 18.9 Å². The molecule has 0 saturated heterocycles. The lowest BCUT2D eigenvalue weighted by Crippen LogP contribution is -2.42. The van der Waals surface area contributed by atoms with E-state index in [-0.39, 0.29) is 5.75 Å². The van der Waals surface area contributed by atoms with Crippen LogP contribution in [-0.2, 0) is 5.60 Å². The largest absolute Gasteiger partial charge is 0.496 e. The number of aryl methyl sites for hydroxylation is 1. The number of ether oxygens (including phenoxy) is 1. The van der Waals surface area contributed by atoms with Gasteiger partial charge >= 0.3 is 6.18 Å². The number of rotatable bonds is 6. The van der Waals surface area contributed by atoms with E-state index in [0.717, 1.165) is 6.07 Å². The zero-order valence-corrected chi connectivity index (χ0v) is 14.0. The van der Waals surface area contributed by atoms with Crippen LogP contribution in [0.25, 0.3) is 0 Å². The van der Waals surface area contributed by atoms with Crippen molar-refractivity contribution in [1.82, 2.24) is 4.90 Å². The molecule has 0 heterocycles. The highest BCUT2D eigenvalue weighted by atomic mass is 19.4. The van der Waals surface area contributed by atoms with Crippen molar-refractivity contribution >= 4 is 12.0 Å². The fourth-order valence-electron chi connectivity index (χ4n) is 2.01. The van der Waals surface area contributed by atoms with Gasteiger partial charge in [-0.05, 0) is 25.5 Å². The monoisotopic (exact) mass is 343 g/mol. The van der Waals surface area contributed by atoms with Crippen LogP contribution in [0.1, 0.15) is 24.5 Å². The number of benzene rings is 1. The summed E-state index contributed by atoms with van der Waals surface area (Å²) in [6.07, 6.45) is -4.60. The molecule has 0 aliphatic carbocycles. The van der Waals surface area contributed by atoms with Gasteiger partial charge < -0.3 is 14.7 Å². The first-order valence-corrected chi connectivity index (χ1v) is 7.20. The number of aliphatic hydroxyl groups is 1. The highest BCUT2D eigenvalue weighted by molar-refractivity contribution is 5.65. The van der Waals surface area contributed by atoms with Crippen molar-refractivity contribution in [2.75, 3.05) is 20.7 Å². The average molecular weight is 343 g/mol. The first-order valence-electron chi connectivity index (χ1n) is 7.20. The quantitative estimate of drug-likeness (QED) is 0.636. The molecule has 0 fully saturated rings. The van der Waals surface area contributed by atoms with Gasteiger partial charge in [-0.25, -0.2) is 4.99 Å². The van der Waals surface area contributed by atoms with Crippen LogP contribution in [0, 0.1) is 18.3 Å². The standard InChI is InChI=1S/C16H20F3N3O2/c1-5-22(3)10-21-13-9-14(24-4)12(8-11(13)2)15(23,6-7-20)16(17,18)19/h8-10,23H,5-6H2,1-4H3/b21-10-. The third kappa shape index (κ3) is 3.97. The molecule has 1 aromatic rings. The van der Waals surface area contributed by atoms with Crippen LogP contribution in [0.3, 0.4) is 0 Å². The minimum atomic E-state index is -5.02. The third-order valence-corrected chi connectivity index (χ3v) is 3.66. The second-order valence-corrected chi connectivity index (χ2v) is 5.35. The molecule has 0 aliphatic heterocycles. The lowest BCUT2D eigenvalue weighted by Gasteiger charge is -2.30. The molecule has 0 radical (unpaired) electrons. The summed E-state index contributed by atoms with van der Waals surface area (Å²) >= 11 is 0. The first kappa shape index (κ1) is 19.8. The molecule has 0 amide bonds. The Kier molecular flexibility index (Phi) is 6.21. The van der Waals surface area contributed by atoms with Gasteiger partial charge in [-0.2, -0.15) is 18.4 Å². The summed E-state index contributed by atoms with van der Waals surface area (Å²) in [6, 6.07) is 3.86. The lowest BCUT2D eigenvalue weighted by molar-refractivity contribution is -0.265. The number of hydrogen-bond donors (Lipinski definition) is 1. The predicted octanol–water partition coefficient (Wildman–Crippen LogP) is 3.28. The second kappa shape index (κ2) is 7.53. The molecule has 1 unspecified atom stereocenters. The number of nitriles is 1. The maximum absolute atomic E-state index is 13.3. The van der Waals surface area contributed by atoms with Crippen LogP contribution < -0.4 is 4.74 Å². The maximum Gasteiger partial charge on any atom is 0.422 e. The van der Waals surface area contributed by atoms with Gasteiger partial charge in [-0.15, -0.1) is 0 Å². The van der Waals surface area contributed by atoms with Crippen LogP contribution in [0.5, 0.6) is 5.75 Å². The van der Waals surface area contributed by atoms with Crippen molar-refractivity contribution in [3.63, 3.8) is 0 Å². The van der Waals surface area contributed by atoms with Gasteiger partial charge in [0.15, 0.2) is 0 Å². The first-order chi connectivity index (χ1) is 11.1. The molecule has 5 nitrogen and oxygen atoms in total. The Morgan fingerprint density at radius 3 is 2.50 bits per heavy atom. The Labute approximate surface area is 139 Å². The third-order valence-electron chi connectivity index (χ3n) is 3.66.